The van der Waals surface area contributed by atoms with Crippen molar-refractivity contribution in [2.45, 2.75) is 101 Å². The van der Waals surface area contributed by atoms with Crippen LogP contribution in [0.15, 0.2) is 48.7 Å². The van der Waals surface area contributed by atoms with E-state index in [-0.39, 0.29) is 36.0 Å². The third-order valence-corrected chi connectivity index (χ3v) is 15.4. The van der Waals surface area contributed by atoms with E-state index in [0.29, 0.717) is 41.3 Å². The van der Waals surface area contributed by atoms with Gasteiger partial charge in [-0.25, -0.2) is 14.8 Å². The van der Waals surface area contributed by atoms with E-state index in [9.17, 15) is 28.8 Å². The number of nitrogens with two attached hydrogens (primary N) is 1. The van der Waals surface area contributed by atoms with Crippen LogP contribution in [0.3, 0.4) is 0 Å². The fourth-order valence-corrected chi connectivity index (χ4v) is 11.5. The molecule has 6 fully saturated rings. The first-order chi connectivity index (χ1) is 31.4. The molecule has 3 aromatic rings. The van der Waals surface area contributed by atoms with E-state index in [0.717, 1.165) is 114 Å². The summed E-state index contributed by atoms with van der Waals surface area (Å²) >= 11 is 0. The summed E-state index contributed by atoms with van der Waals surface area (Å²) in [5, 5.41) is 5.59. The van der Waals surface area contributed by atoms with Crippen LogP contribution >= 0.6 is 0 Å². The second-order valence-electron chi connectivity index (χ2n) is 19.5. The largest absolute Gasteiger partial charge is 0.371 e. The summed E-state index contributed by atoms with van der Waals surface area (Å²) in [6.45, 7) is 9.98. The number of amides is 7. The van der Waals surface area contributed by atoms with Crippen LogP contribution in [0.1, 0.15) is 114 Å². The maximum Gasteiger partial charge on any atom is 0.320 e. The molecule has 3 unspecified atom stereocenters. The maximum atomic E-state index is 13.5. The standard InChI is InChI=1S/C48H59N11O6/c1-48(17-21-54(22-18-48)27-30-16-20-55(28-30)34-12-13-36-37(25-34)46(64)59(45(36)63)38-14-15-40(60)53-44(38)62)31-8-10-32(11-9-31)51-43-41(42(49)61)50-26-39(52-43)56-19-4-7-35(29-56)58-24-23-57(47(58)65)33-5-2-3-6-33/h8-13,25-26,30,33,35,38H,2-7,14-24,27-29H2,1H3,(H2,49,61)(H,51,52)(H,53,60,62). The van der Waals surface area contributed by atoms with Crippen LogP contribution in [0.25, 0.3) is 0 Å². The topological polar surface area (TPSA) is 198 Å². The highest BCUT2D eigenvalue weighted by Crippen LogP contribution is 2.38. The Bertz CT molecular complexity index is 2400. The Kier molecular flexibility index (Phi) is 11.4. The lowest BCUT2D eigenvalue weighted by Gasteiger charge is -2.40. The third-order valence-electron chi connectivity index (χ3n) is 15.4. The van der Waals surface area contributed by atoms with E-state index in [1.807, 2.05) is 18.2 Å². The number of hydrogen-bond donors (Lipinski definition) is 3. The van der Waals surface area contributed by atoms with Gasteiger partial charge < -0.3 is 35.6 Å². The maximum absolute atomic E-state index is 13.5. The summed E-state index contributed by atoms with van der Waals surface area (Å²) in [5.74, 6) is -1.21. The minimum Gasteiger partial charge on any atom is -0.371 e. The smallest absolute Gasteiger partial charge is 0.320 e. The Hall–Kier alpha value is -6.10. The van der Waals surface area contributed by atoms with Gasteiger partial charge in [0.1, 0.15) is 11.9 Å². The molecule has 1 saturated carbocycles. The van der Waals surface area contributed by atoms with Crippen LogP contribution in [0.2, 0.25) is 0 Å². The van der Waals surface area contributed by atoms with Crippen molar-refractivity contribution in [2.75, 3.05) is 74.0 Å². The monoisotopic (exact) mass is 885 g/mol. The molecule has 5 saturated heterocycles. The van der Waals surface area contributed by atoms with Gasteiger partial charge in [-0.1, -0.05) is 31.9 Å². The van der Waals surface area contributed by atoms with Crippen molar-refractivity contribution in [3.8, 4) is 0 Å². The van der Waals surface area contributed by atoms with Crippen LogP contribution in [0.5, 0.6) is 0 Å². The van der Waals surface area contributed by atoms with Gasteiger partial charge >= 0.3 is 6.03 Å². The minimum absolute atomic E-state index is 0.000605. The van der Waals surface area contributed by atoms with E-state index in [1.54, 1.807) is 18.3 Å². The number of anilines is 4. The molecule has 7 aliphatic rings. The van der Waals surface area contributed by atoms with Crippen LogP contribution in [-0.4, -0.2) is 142 Å². The highest BCUT2D eigenvalue weighted by molar-refractivity contribution is 6.23. The average Bonchev–Trinajstić information content (AvgIpc) is 4.13. The van der Waals surface area contributed by atoms with Gasteiger partial charge in [0.15, 0.2) is 11.5 Å². The summed E-state index contributed by atoms with van der Waals surface area (Å²) in [6.07, 6.45) is 11.4. The number of piperidine rings is 3. The molecular weight excluding hydrogens is 827 g/mol. The van der Waals surface area contributed by atoms with E-state index in [2.05, 4.69) is 59.2 Å². The first kappa shape index (κ1) is 42.8. The van der Waals surface area contributed by atoms with Gasteiger partial charge in [0, 0.05) is 69.7 Å². The Morgan fingerprint density at radius 3 is 2.26 bits per heavy atom. The number of aromatic nitrogens is 2. The highest BCUT2D eigenvalue weighted by Gasteiger charge is 2.45. The van der Waals surface area contributed by atoms with Crippen molar-refractivity contribution in [2.24, 2.45) is 11.7 Å². The summed E-state index contributed by atoms with van der Waals surface area (Å²) in [7, 11) is 0. The molecule has 10 rings (SSSR count). The second-order valence-corrected chi connectivity index (χ2v) is 19.5. The summed E-state index contributed by atoms with van der Waals surface area (Å²) in [6, 6.07) is 13.4. The first-order valence-corrected chi connectivity index (χ1v) is 23.6. The molecule has 0 radical (unpaired) electrons. The fourth-order valence-electron chi connectivity index (χ4n) is 11.5. The van der Waals surface area contributed by atoms with E-state index >= 15 is 0 Å². The van der Waals surface area contributed by atoms with Gasteiger partial charge in [0.25, 0.3) is 17.7 Å². The summed E-state index contributed by atoms with van der Waals surface area (Å²) < 4.78 is 0. The SMILES string of the molecule is CC1(c2ccc(Nc3nc(N4CCCC(N5CCN(C6CCCC6)C5=O)C4)cnc3C(N)=O)cc2)CCN(CC2CCN(c3ccc4c(c3)C(=O)N(C3CCC(=O)NC3=O)C4=O)C2)CC1. The third kappa shape index (κ3) is 8.27. The van der Waals surface area contributed by atoms with Crippen molar-refractivity contribution >= 4 is 58.6 Å². The Morgan fingerprint density at radius 1 is 0.800 bits per heavy atom. The summed E-state index contributed by atoms with van der Waals surface area (Å²) in [5.41, 5.74) is 9.40. The zero-order valence-corrected chi connectivity index (χ0v) is 37.2. The molecule has 3 atom stereocenters. The van der Waals surface area contributed by atoms with Gasteiger partial charge in [0.05, 0.1) is 23.4 Å². The van der Waals surface area contributed by atoms with Crippen molar-refractivity contribution < 1.29 is 28.8 Å². The van der Waals surface area contributed by atoms with Crippen molar-refractivity contribution in [1.29, 1.82) is 0 Å². The number of nitrogens with zero attached hydrogens (tertiary/aromatic N) is 8. The van der Waals surface area contributed by atoms with E-state index < -0.39 is 35.6 Å². The molecule has 17 heteroatoms. The number of carbonyl (C=O) groups is 6. The second kappa shape index (κ2) is 17.4. The van der Waals surface area contributed by atoms with Crippen LogP contribution in [-0.2, 0) is 15.0 Å². The molecule has 6 aliphatic heterocycles. The normalized spacial score (nSPS) is 25.2. The number of carbonyl (C=O) groups excluding carboxylic acids is 6. The van der Waals surface area contributed by atoms with Gasteiger partial charge in [-0.2, -0.15) is 0 Å². The number of likely N-dealkylation sites (tertiary alicyclic amines) is 1. The molecule has 17 nitrogen and oxygen atoms in total. The lowest BCUT2D eigenvalue weighted by atomic mass is 9.74. The molecule has 342 valence electrons. The molecular formula is C48H59N11O6. The van der Waals surface area contributed by atoms with E-state index in [1.165, 1.54) is 18.4 Å². The van der Waals surface area contributed by atoms with Gasteiger partial charge in [-0.3, -0.25) is 34.2 Å². The molecule has 7 heterocycles. The lowest BCUT2D eigenvalue weighted by Crippen LogP contribution is -2.54. The first-order valence-electron chi connectivity index (χ1n) is 23.6. The molecule has 1 aromatic heterocycles. The number of primary amides is 1. The predicted molar refractivity (Wildman–Crippen MR) is 243 cm³/mol. The van der Waals surface area contributed by atoms with Gasteiger partial charge in [-0.15, -0.1) is 0 Å². The predicted octanol–water partition coefficient (Wildman–Crippen LogP) is 4.25. The Labute approximate surface area is 379 Å². The molecule has 4 N–H and O–H groups in total. The molecule has 0 spiro atoms. The van der Waals surface area contributed by atoms with Gasteiger partial charge in [0.2, 0.25) is 11.8 Å². The molecule has 0 bridgehead atoms. The number of hydrogen-bond acceptors (Lipinski definition) is 12. The van der Waals surface area contributed by atoms with Crippen LogP contribution < -0.4 is 26.2 Å². The lowest BCUT2D eigenvalue weighted by molar-refractivity contribution is -0.136. The number of imide groups is 2. The van der Waals surface area contributed by atoms with Gasteiger partial charge in [-0.05, 0) is 112 Å². The zero-order valence-electron chi connectivity index (χ0n) is 37.2. The van der Waals surface area contributed by atoms with Crippen molar-refractivity contribution in [1.82, 2.24) is 34.9 Å². The molecule has 1 aliphatic carbocycles. The number of nitrogens with one attached hydrogen (secondary N) is 2. The molecule has 2 aromatic carbocycles. The van der Waals surface area contributed by atoms with Crippen LogP contribution in [0.4, 0.5) is 27.8 Å². The van der Waals surface area contributed by atoms with Crippen LogP contribution in [0, 0.1) is 5.92 Å². The van der Waals surface area contributed by atoms with E-state index in [4.69, 9.17) is 10.7 Å². The number of urea groups is 1. The van der Waals surface area contributed by atoms with Crippen molar-refractivity contribution in [3.63, 3.8) is 0 Å². The Balaban J connectivity index is 0.728. The number of fused-ring (bicyclic) bond motifs is 1. The molecule has 7 amide bonds. The fraction of sp³-hybridized carbons (Fsp3) is 0.542. The Morgan fingerprint density at radius 2 is 1.52 bits per heavy atom. The number of benzene rings is 2. The summed E-state index contributed by atoms with van der Waals surface area (Å²) in [4.78, 5) is 98.4. The zero-order chi connectivity index (χ0) is 45.0. The van der Waals surface area contributed by atoms with Crippen molar-refractivity contribution in [3.05, 3.63) is 71.0 Å². The minimum atomic E-state index is -0.979. The average molecular weight is 886 g/mol. The molecule has 65 heavy (non-hydrogen) atoms. The number of rotatable bonds is 11. The highest BCUT2D eigenvalue weighted by atomic mass is 16.2. The quantitative estimate of drug-likeness (QED) is 0.232.